The van der Waals surface area contributed by atoms with Gasteiger partial charge in [0.25, 0.3) is 5.91 Å². The number of nitrogens with zero attached hydrogens (tertiary/aromatic N) is 1. The van der Waals surface area contributed by atoms with E-state index in [1.165, 1.54) is 0 Å². The van der Waals surface area contributed by atoms with E-state index >= 15 is 0 Å². The zero-order chi connectivity index (χ0) is 20.9. The molecule has 0 atom stereocenters. The zero-order valence-electron chi connectivity index (χ0n) is 16.3. The molecular weight excluding hydrogens is 397 g/mol. The SMILES string of the molecule is C/C(CC(=O)Nc1cc(Cl)ccc1Cl)=N\NC(=O)c1ccc(C(C)(C)C)cc1. The Balaban J connectivity index is 1.93. The monoisotopic (exact) mass is 419 g/mol. The summed E-state index contributed by atoms with van der Waals surface area (Å²) in [6, 6.07) is 12.2. The fraction of sp³-hybridized carbons (Fsp3) is 0.286. The van der Waals surface area contributed by atoms with Gasteiger partial charge in [0.15, 0.2) is 0 Å². The number of amides is 2. The molecule has 0 bridgehead atoms. The average molecular weight is 420 g/mol. The highest BCUT2D eigenvalue weighted by Gasteiger charge is 2.14. The standard InChI is InChI=1S/C21H23Cl2N3O2/c1-13(11-19(27)24-18-12-16(22)9-10-17(18)23)25-26-20(28)14-5-7-15(8-6-14)21(2,3)4/h5-10,12H,11H2,1-4H3,(H,24,27)(H,26,28)/b25-13+. The van der Waals surface area contributed by atoms with Crippen LogP contribution in [-0.4, -0.2) is 17.5 Å². The number of carbonyl (C=O) groups excluding carboxylic acids is 2. The van der Waals surface area contributed by atoms with E-state index in [4.69, 9.17) is 23.2 Å². The quantitative estimate of drug-likeness (QED) is 0.501. The topological polar surface area (TPSA) is 70.6 Å². The molecule has 2 aromatic carbocycles. The predicted molar refractivity (Wildman–Crippen MR) is 115 cm³/mol. The molecule has 0 aliphatic heterocycles. The molecule has 2 rings (SSSR count). The molecule has 0 spiro atoms. The number of hydrazone groups is 1. The molecule has 2 aromatic rings. The molecule has 0 heterocycles. The van der Waals surface area contributed by atoms with Crippen LogP contribution >= 0.6 is 23.2 Å². The summed E-state index contributed by atoms with van der Waals surface area (Å²) in [5.41, 5.74) is 5.00. The van der Waals surface area contributed by atoms with Crippen molar-refractivity contribution >= 4 is 46.4 Å². The maximum absolute atomic E-state index is 12.2. The number of benzene rings is 2. The first-order chi connectivity index (χ1) is 13.1. The lowest BCUT2D eigenvalue weighted by atomic mass is 9.87. The summed E-state index contributed by atoms with van der Waals surface area (Å²) in [4.78, 5) is 24.3. The minimum atomic E-state index is -0.335. The molecule has 148 valence electrons. The van der Waals surface area contributed by atoms with Crippen molar-refractivity contribution in [2.24, 2.45) is 5.10 Å². The van der Waals surface area contributed by atoms with E-state index in [-0.39, 0.29) is 23.7 Å². The number of anilines is 1. The molecule has 0 saturated heterocycles. The fourth-order valence-electron chi connectivity index (χ4n) is 2.39. The summed E-state index contributed by atoms with van der Waals surface area (Å²) in [6.07, 6.45) is 0.00604. The van der Waals surface area contributed by atoms with Gasteiger partial charge in [-0.15, -0.1) is 0 Å². The van der Waals surface area contributed by atoms with Crippen molar-refractivity contribution in [3.8, 4) is 0 Å². The van der Waals surface area contributed by atoms with Crippen LogP contribution in [0.4, 0.5) is 5.69 Å². The van der Waals surface area contributed by atoms with Crippen LogP contribution in [0.25, 0.3) is 0 Å². The molecule has 0 unspecified atom stereocenters. The second-order valence-corrected chi connectivity index (χ2v) is 8.31. The number of hydrogen-bond acceptors (Lipinski definition) is 3. The van der Waals surface area contributed by atoms with E-state index in [1.807, 2.05) is 12.1 Å². The van der Waals surface area contributed by atoms with Crippen molar-refractivity contribution in [2.45, 2.75) is 39.5 Å². The number of halogens is 2. The van der Waals surface area contributed by atoms with Crippen molar-refractivity contribution < 1.29 is 9.59 Å². The molecule has 0 aliphatic rings. The summed E-state index contributed by atoms with van der Waals surface area (Å²) in [6.45, 7) is 7.98. The molecule has 2 N–H and O–H groups in total. The number of nitrogens with one attached hydrogen (secondary N) is 2. The molecule has 0 radical (unpaired) electrons. The van der Waals surface area contributed by atoms with E-state index in [1.54, 1.807) is 37.3 Å². The third-order valence-electron chi connectivity index (χ3n) is 3.98. The molecule has 5 nitrogen and oxygen atoms in total. The summed E-state index contributed by atoms with van der Waals surface area (Å²) in [5.74, 6) is -0.646. The Kier molecular flexibility index (Phi) is 7.22. The smallest absolute Gasteiger partial charge is 0.271 e. The maximum Gasteiger partial charge on any atom is 0.271 e. The van der Waals surface area contributed by atoms with Crippen LogP contribution in [0.5, 0.6) is 0 Å². The Labute approximate surface area is 175 Å². The van der Waals surface area contributed by atoms with Gasteiger partial charge < -0.3 is 5.32 Å². The van der Waals surface area contributed by atoms with Gasteiger partial charge in [-0.2, -0.15) is 5.10 Å². The van der Waals surface area contributed by atoms with Crippen molar-refractivity contribution in [1.82, 2.24) is 5.43 Å². The Morgan fingerprint density at radius 1 is 1.04 bits per heavy atom. The number of carbonyl (C=O) groups is 2. The summed E-state index contributed by atoms with van der Waals surface area (Å²) in [5, 5.41) is 7.52. The van der Waals surface area contributed by atoms with Crippen LogP contribution in [0, 0.1) is 0 Å². The maximum atomic E-state index is 12.2. The minimum absolute atomic E-state index is 0.00604. The van der Waals surface area contributed by atoms with Crippen LogP contribution in [-0.2, 0) is 10.2 Å². The van der Waals surface area contributed by atoms with Gasteiger partial charge in [-0.05, 0) is 48.2 Å². The Bertz CT molecular complexity index is 901. The van der Waals surface area contributed by atoms with Crippen LogP contribution in [0.2, 0.25) is 10.0 Å². The molecule has 7 heteroatoms. The molecule has 2 amide bonds. The van der Waals surface area contributed by atoms with Crippen molar-refractivity contribution in [3.05, 3.63) is 63.6 Å². The second kappa shape index (κ2) is 9.22. The van der Waals surface area contributed by atoms with Crippen LogP contribution in [0.3, 0.4) is 0 Å². The van der Waals surface area contributed by atoms with E-state index in [0.29, 0.717) is 27.0 Å². The van der Waals surface area contributed by atoms with Crippen LogP contribution in [0.15, 0.2) is 47.6 Å². The van der Waals surface area contributed by atoms with Crippen molar-refractivity contribution in [1.29, 1.82) is 0 Å². The van der Waals surface area contributed by atoms with Crippen LogP contribution < -0.4 is 10.7 Å². The van der Waals surface area contributed by atoms with Gasteiger partial charge >= 0.3 is 0 Å². The highest BCUT2D eigenvalue weighted by Crippen LogP contribution is 2.25. The normalized spacial score (nSPS) is 11.9. The predicted octanol–water partition coefficient (Wildman–Crippen LogP) is 5.43. The molecule has 0 saturated carbocycles. The molecule has 0 fully saturated rings. The largest absolute Gasteiger partial charge is 0.324 e. The summed E-state index contributed by atoms with van der Waals surface area (Å²) in [7, 11) is 0. The Morgan fingerprint density at radius 3 is 2.29 bits per heavy atom. The van der Waals surface area contributed by atoms with E-state index < -0.39 is 0 Å². The fourth-order valence-corrected chi connectivity index (χ4v) is 2.73. The van der Waals surface area contributed by atoms with Crippen LogP contribution in [0.1, 0.15) is 50.0 Å². The third-order valence-corrected chi connectivity index (χ3v) is 4.54. The van der Waals surface area contributed by atoms with Gasteiger partial charge in [0.05, 0.1) is 17.1 Å². The first kappa shape index (κ1) is 21.9. The van der Waals surface area contributed by atoms with Gasteiger partial charge in [0.1, 0.15) is 0 Å². The lowest BCUT2D eigenvalue weighted by molar-refractivity contribution is -0.115. The highest BCUT2D eigenvalue weighted by atomic mass is 35.5. The van der Waals surface area contributed by atoms with E-state index in [9.17, 15) is 9.59 Å². The molecule has 0 aromatic heterocycles. The first-order valence-electron chi connectivity index (χ1n) is 8.75. The molecular formula is C21H23Cl2N3O2. The summed E-state index contributed by atoms with van der Waals surface area (Å²) < 4.78 is 0. The Hall–Kier alpha value is -2.37. The summed E-state index contributed by atoms with van der Waals surface area (Å²) >= 11 is 11.9. The molecule has 28 heavy (non-hydrogen) atoms. The van der Waals surface area contributed by atoms with Crippen molar-refractivity contribution in [2.75, 3.05) is 5.32 Å². The van der Waals surface area contributed by atoms with Gasteiger partial charge in [-0.3, -0.25) is 9.59 Å². The zero-order valence-corrected chi connectivity index (χ0v) is 17.8. The van der Waals surface area contributed by atoms with Gasteiger partial charge in [-0.25, -0.2) is 5.43 Å². The number of rotatable bonds is 5. The van der Waals surface area contributed by atoms with Crippen molar-refractivity contribution in [3.63, 3.8) is 0 Å². The van der Waals surface area contributed by atoms with E-state index in [2.05, 4.69) is 36.6 Å². The average Bonchev–Trinajstić information content (AvgIpc) is 2.62. The molecule has 0 aliphatic carbocycles. The lowest BCUT2D eigenvalue weighted by Crippen LogP contribution is -2.22. The van der Waals surface area contributed by atoms with Gasteiger partial charge in [-0.1, -0.05) is 56.1 Å². The number of hydrogen-bond donors (Lipinski definition) is 2. The van der Waals surface area contributed by atoms with Gasteiger partial charge in [0, 0.05) is 16.3 Å². The highest BCUT2D eigenvalue weighted by molar-refractivity contribution is 6.35. The second-order valence-electron chi connectivity index (χ2n) is 7.46. The lowest BCUT2D eigenvalue weighted by Gasteiger charge is -2.18. The van der Waals surface area contributed by atoms with E-state index in [0.717, 1.165) is 5.56 Å². The third kappa shape index (κ3) is 6.36. The van der Waals surface area contributed by atoms with Gasteiger partial charge in [0.2, 0.25) is 5.91 Å². The first-order valence-corrected chi connectivity index (χ1v) is 9.51. The minimum Gasteiger partial charge on any atom is -0.324 e. The Morgan fingerprint density at radius 2 is 1.68 bits per heavy atom.